The van der Waals surface area contributed by atoms with Crippen LogP contribution in [0.1, 0.15) is 18.0 Å². The Balaban J connectivity index is 1.24. The maximum atomic E-state index is 12.7. The summed E-state index contributed by atoms with van der Waals surface area (Å²) in [7, 11) is 0. The van der Waals surface area contributed by atoms with Gasteiger partial charge in [0.05, 0.1) is 18.7 Å². The summed E-state index contributed by atoms with van der Waals surface area (Å²) < 4.78 is 7.14. The fraction of sp³-hybridized carbons (Fsp3) is 0.227. The second kappa shape index (κ2) is 8.31. The van der Waals surface area contributed by atoms with Gasteiger partial charge in [-0.15, -0.1) is 5.10 Å². The Morgan fingerprint density at radius 1 is 1.13 bits per heavy atom. The molecule has 5 rings (SSSR count). The molecule has 31 heavy (non-hydrogen) atoms. The van der Waals surface area contributed by atoms with Crippen LogP contribution in [-0.2, 0) is 11.2 Å². The van der Waals surface area contributed by atoms with Crippen molar-refractivity contribution in [3.8, 4) is 23.0 Å². The van der Waals surface area contributed by atoms with Gasteiger partial charge in [-0.3, -0.25) is 4.79 Å². The normalized spacial score (nSPS) is 16.0. The SMILES string of the molecule is O=C(Cc1ccc(Cl)cc1)N1CCC(n2cc(-c3nc(-c4ccccc4)no3)nn2)C1. The molecule has 1 saturated heterocycles. The summed E-state index contributed by atoms with van der Waals surface area (Å²) in [6.07, 6.45) is 2.96. The lowest BCUT2D eigenvalue weighted by Gasteiger charge is -2.16. The van der Waals surface area contributed by atoms with Crippen molar-refractivity contribution in [2.45, 2.75) is 18.9 Å². The molecule has 0 spiro atoms. The van der Waals surface area contributed by atoms with Crippen LogP contribution in [0.4, 0.5) is 0 Å². The molecule has 156 valence electrons. The van der Waals surface area contributed by atoms with E-state index in [9.17, 15) is 4.79 Å². The number of hydrogen-bond acceptors (Lipinski definition) is 6. The molecule has 1 amide bonds. The largest absolute Gasteiger partial charge is 0.340 e. The molecule has 9 heteroatoms. The summed E-state index contributed by atoms with van der Waals surface area (Å²) in [5.41, 5.74) is 2.34. The zero-order valence-corrected chi connectivity index (χ0v) is 17.3. The molecule has 0 N–H and O–H groups in total. The third-order valence-corrected chi connectivity index (χ3v) is 5.60. The molecule has 1 aliphatic heterocycles. The van der Waals surface area contributed by atoms with E-state index in [1.54, 1.807) is 23.0 Å². The molecule has 1 fully saturated rings. The van der Waals surface area contributed by atoms with E-state index in [1.807, 2.05) is 47.4 Å². The number of nitrogens with zero attached hydrogens (tertiary/aromatic N) is 6. The van der Waals surface area contributed by atoms with Crippen LogP contribution < -0.4 is 0 Å². The predicted octanol–water partition coefficient (Wildman–Crippen LogP) is 3.66. The zero-order valence-electron chi connectivity index (χ0n) is 16.6. The van der Waals surface area contributed by atoms with Gasteiger partial charge >= 0.3 is 0 Å². The van der Waals surface area contributed by atoms with Crippen LogP contribution in [0.2, 0.25) is 5.02 Å². The van der Waals surface area contributed by atoms with Crippen molar-refractivity contribution < 1.29 is 9.32 Å². The van der Waals surface area contributed by atoms with E-state index in [1.165, 1.54) is 0 Å². The van der Waals surface area contributed by atoms with Crippen LogP contribution >= 0.6 is 11.6 Å². The number of amides is 1. The molecule has 0 saturated carbocycles. The van der Waals surface area contributed by atoms with Crippen molar-refractivity contribution in [2.24, 2.45) is 0 Å². The number of likely N-dealkylation sites (tertiary alicyclic amines) is 1. The summed E-state index contributed by atoms with van der Waals surface area (Å²) in [4.78, 5) is 18.9. The first kappa shape index (κ1) is 19.4. The monoisotopic (exact) mass is 434 g/mol. The minimum Gasteiger partial charge on any atom is -0.340 e. The second-order valence-corrected chi connectivity index (χ2v) is 7.89. The van der Waals surface area contributed by atoms with Crippen LogP contribution in [0.15, 0.2) is 65.3 Å². The number of hydrogen-bond donors (Lipinski definition) is 0. The van der Waals surface area contributed by atoms with E-state index in [0.717, 1.165) is 17.5 Å². The van der Waals surface area contributed by atoms with Gasteiger partial charge in [0.25, 0.3) is 5.89 Å². The van der Waals surface area contributed by atoms with Crippen molar-refractivity contribution in [2.75, 3.05) is 13.1 Å². The van der Waals surface area contributed by atoms with Gasteiger partial charge in [0.1, 0.15) is 0 Å². The number of aromatic nitrogens is 5. The molecule has 1 aliphatic rings. The zero-order chi connectivity index (χ0) is 21.2. The van der Waals surface area contributed by atoms with Gasteiger partial charge in [-0.05, 0) is 24.1 Å². The van der Waals surface area contributed by atoms with Gasteiger partial charge in [-0.25, -0.2) is 4.68 Å². The Morgan fingerprint density at radius 2 is 1.94 bits per heavy atom. The van der Waals surface area contributed by atoms with E-state index >= 15 is 0 Å². The van der Waals surface area contributed by atoms with Gasteiger partial charge in [-0.2, -0.15) is 4.98 Å². The lowest BCUT2D eigenvalue weighted by Crippen LogP contribution is -2.30. The summed E-state index contributed by atoms with van der Waals surface area (Å²) in [5, 5.41) is 13.1. The lowest BCUT2D eigenvalue weighted by atomic mass is 10.1. The molecule has 1 atom stereocenters. The van der Waals surface area contributed by atoms with E-state index in [-0.39, 0.29) is 11.9 Å². The summed E-state index contributed by atoms with van der Waals surface area (Å²) >= 11 is 5.91. The highest BCUT2D eigenvalue weighted by atomic mass is 35.5. The van der Waals surface area contributed by atoms with Crippen molar-refractivity contribution in [1.82, 2.24) is 30.0 Å². The highest BCUT2D eigenvalue weighted by Gasteiger charge is 2.28. The summed E-state index contributed by atoms with van der Waals surface area (Å²) in [5.74, 6) is 0.915. The molecular weight excluding hydrogens is 416 g/mol. The van der Waals surface area contributed by atoms with Gasteiger partial charge in [-0.1, -0.05) is 64.4 Å². The summed E-state index contributed by atoms with van der Waals surface area (Å²) in [6.45, 7) is 1.28. The van der Waals surface area contributed by atoms with Crippen LogP contribution in [0.3, 0.4) is 0 Å². The fourth-order valence-corrected chi connectivity index (χ4v) is 3.78. The smallest absolute Gasteiger partial charge is 0.280 e. The first-order chi connectivity index (χ1) is 15.2. The number of carbonyl (C=O) groups excluding carboxylic acids is 1. The molecule has 2 aromatic heterocycles. The van der Waals surface area contributed by atoms with Gasteiger partial charge in [0.2, 0.25) is 11.7 Å². The quantitative estimate of drug-likeness (QED) is 0.476. The number of rotatable bonds is 5. The Bertz CT molecular complexity index is 1190. The molecule has 0 radical (unpaired) electrons. The molecular formula is C22H19ClN6O2. The minimum atomic E-state index is 0.0620. The van der Waals surface area contributed by atoms with E-state index in [4.69, 9.17) is 16.1 Å². The highest BCUT2D eigenvalue weighted by Crippen LogP contribution is 2.25. The third-order valence-electron chi connectivity index (χ3n) is 5.35. The Kier molecular flexibility index (Phi) is 5.21. The first-order valence-electron chi connectivity index (χ1n) is 9.99. The first-order valence-corrected chi connectivity index (χ1v) is 10.4. The fourth-order valence-electron chi connectivity index (χ4n) is 3.66. The lowest BCUT2D eigenvalue weighted by molar-refractivity contribution is -0.129. The third kappa shape index (κ3) is 4.20. The topological polar surface area (TPSA) is 89.9 Å². The maximum Gasteiger partial charge on any atom is 0.280 e. The highest BCUT2D eigenvalue weighted by molar-refractivity contribution is 6.30. The van der Waals surface area contributed by atoms with E-state index < -0.39 is 0 Å². The standard InChI is InChI=1S/C22H19ClN6O2/c23-17-8-6-15(7-9-17)12-20(30)28-11-10-18(13-28)29-14-19(25-27-29)22-24-21(26-31-22)16-4-2-1-3-5-16/h1-9,14,18H,10-13H2. The number of carbonyl (C=O) groups is 1. The molecule has 4 aromatic rings. The Labute approximate surface area is 183 Å². The molecule has 8 nitrogen and oxygen atoms in total. The molecule has 0 aliphatic carbocycles. The van der Waals surface area contributed by atoms with Gasteiger partial charge in [0, 0.05) is 23.7 Å². The van der Waals surface area contributed by atoms with Gasteiger partial charge in [0.15, 0.2) is 5.69 Å². The van der Waals surface area contributed by atoms with Crippen molar-refractivity contribution in [3.05, 3.63) is 71.4 Å². The number of benzene rings is 2. The molecule has 2 aromatic carbocycles. The maximum absolute atomic E-state index is 12.7. The Hall–Kier alpha value is -3.52. The van der Waals surface area contributed by atoms with Crippen LogP contribution in [0, 0.1) is 0 Å². The van der Waals surface area contributed by atoms with E-state index in [2.05, 4.69) is 20.5 Å². The minimum absolute atomic E-state index is 0.0620. The van der Waals surface area contributed by atoms with Crippen molar-refractivity contribution in [1.29, 1.82) is 0 Å². The van der Waals surface area contributed by atoms with Crippen molar-refractivity contribution in [3.63, 3.8) is 0 Å². The van der Waals surface area contributed by atoms with Crippen molar-refractivity contribution >= 4 is 17.5 Å². The van der Waals surface area contributed by atoms with Crippen LogP contribution in [-0.4, -0.2) is 49.0 Å². The second-order valence-electron chi connectivity index (χ2n) is 7.46. The van der Waals surface area contributed by atoms with Crippen LogP contribution in [0.5, 0.6) is 0 Å². The van der Waals surface area contributed by atoms with E-state index in [0.29, 0.717) is 41.9 Å². The Morgan fingerprint density at radius 3 is 2.74 bits per heavy atom. The van der Waals surface area contributed by atoms with Crippen LogP contribution in [0.25, 0.3) is 23.0 Å². The summed E-state index contributed by atoms with van der Waals surface area (Å²) in [6, 6.07) is 17.0. The average molecular weight is 435 g/mol. The number of halogens is 1. The molecule has 3 heterocycles. The molecule has 0 bridgehead atoms. The predicted molar refractivity (Wildman–Crippen MR) is 114 cm³/mol. The molecule has 1 unspecified atom stereocenters. The average Bonchev–Trinajstić information content (AvgIpc) is 3.55. The van der Waals surface area contributed by atoms with Gasteiger partial charge < -0.3 is 9.42 Å².